The van der Waals surface area contributed by atoms with Gasteiger partial charge in [0.05, 0.1) is 24.6 Å². The molecule has 0 saturated heterocycles. The largest absolute Gasteiger partial charge is 0.397 e. The van der Waals surface area contributed by atoms with Gasteiger partial charge in [-0.05, 0) is 30.5 Å². The molecule has 4 N–H and O–H groups in total. The average Bonchev–Trinajstić information content (AvgIpc) is 2.43. The van der Waals surface area contributed by atoms with Crippen molar-refractivity contribution in [3.8, 4) is 0 Å². The number of benzene rings is 1. The maximum Gasteiger partial charge on any atom is 0.224 e. The van der Waals surface area contributed by atoms with Gasteiger partial charge in [-0.3, -0.25) is 4.79 Å². The fraction of sp³-hybridized carbons (Fsp3) is 0.400. The third-order valence-corrected chi connectivity index (χ3v) is 3.20. The Bertz CT molecular complexity index is 500. The molecule has 2 rings (SSSR count). The maximum absolute atomic E-state index is 11.3. The molecular weight excluding hydrogens is 254 g/mol. The molecule has 0 aromatic heterocycles. The summed E-state index contributed by atoms with van der Waals surface area (Å²) in [4.78, 5) is 11.3. The summed E-state index contributed by atoms with van der Waals surface area (Å²) in [5.74, 6) is 0.0493. The molecule has 0 unspecified atom stereocenters. The zero-order valence-corrected chi connectivity index (χ0v) is 11.6. The number of nitrogens with one attached hydrogen (secondary N) is 2. The Balaban J connectivity index is 1.89. The number of carbonyl (C=O) groups is 1. The molecule has 1 aromatic carbocycles. The van der Waals surface area contributed by atoms with Crippen molar-refractivity contribution < 1.29 is 9.53 Å². The second-order valence-corrected chi connectivity index (χ2v) is 4.76. The topological polar surface area (TPSA) is 76.4 Å². The number of rotatable bonds is 7. The molecule has 20 heavy (non-hydrogen) atoms. The third kappa shape index (κ3) is 3.74. The molecule has 0 aliphatic carbocycles. The van der Waals surface area contributed by atoms with E-state index >= 15 is 0 Å². The molecule has 0 saturated carbocycles. The second-order valence-electron chi connectivity index (χ2n) is 4.76. The van der Waals surface area contributed by atoms with Crippen LogP contribution in [-0.4, -0.2) is 25.7 Å². The van der Waals surface area contributed by atoms with E-state index in [1.54, 1.807) is 0 Å². The summed E-state index contributed by atoms with van der Waals surface area (Å²) in [6.45, 7) is 5.66. The van der Waals surface area contributed by atoms with Gasteiger partial charge >= 0.3 is 0 Å². The van der Waals surface area contributed by atoms with E-state index in [2.05, 4.69) is 17.2 Å². The van der Waals surface area contributed by atoms with Crippen molar-refractivity contribution in [1.82, 2.24) is 0 Å². The Morgan fingerprint density at radius 1 is 1.40 bits per heavy atom. The minimum absolute atomic E-state index is 0.0493. The van der Waals surface area contributed by atoms with Crippen LogP contribution in [-0.2, 0) is 16.0 Å². The van der Waals surface area contributed by atoms with E-state index in [4.69, 9.17) is 10.5 Å². The van der Waals surface area contributed by atoms with Gasteiger partial charge in [0.1, 0.15) is 0 Å². The van der Waals surface area contributed by atoms with Crippen molar-refractivity contribution in [3.63, 3.8) is 0 Å². The number of carbonyl (C=O) groups excluding carboxylic acids is 1. The van der Waals surface area contributed by atoms with Gasteiger partial charge in [0, 0.05) is 18.7 Å². The second kappa shape index (κ2) is 6.96. The monoisotopic (exact) mass is 275 g/mol. The molecule has 0 fully saturated rings. The van der Waals surface area contributed by atoms with Crippen LogP contribution >= 0.6 is 0 Å². The summed E-state index contributed by atoms with van der Waals surface area (Å²) in [6.07, 6.45) is 3.98. The first-order chi connectivity index (χ1) is 9.70. The molecule has 1 heterocycles. The highest BCUT2D eigenvalue weighted by Crippen LogP contribution is 2.30. The molecule has 5 nitrogen and oxygen atoms in total. The Morgan fingerprint density at radius 2 is 2.25 bits per heavy atom. The maximum atomic E-state index is 11.3. The van der Waals surface area contributed by atoms with Crippen molar-refractivity contribution in [2.24, 2.45) is 0 Å². The van der Waals surface area contributed by atoms with Gasteiger partial charge in [-0.2, -0.15) is 0 Å². The molecule has 1 aliphatic heterocycles. The van der Waals surface area contributed by atoms with Crippen molar-refractivity contribution >= 4 is 23.0 Å². The molecule has 0 spiro atoms. The third-order valence-electron chi connectivity index (χ3n) is 3.20. The first-order valence-corrected chi connectivity index (χ1v) is 6.85. The molecule has 1 aliphatic rings. The summed E-state index contributed by atoms with van der Waals surface area (Å²) in [6, 6.07) is 3.82. The van der Waals surface area contributed by atoms with Crippen molar-refractivity contribution in [2.75, 3.05) is 36.1 Å². The van der Waals surface area contributed by atoms with Crippen molar-refractivity contribution in [3.05, 3.63) is 30.4 Å². The Morgan fingerprint density at radius 3 is 3.05 bits per heavy atom. The fourth-order valence-corrected chi connectivity index (χ4v) is 2.13. The molecule has 1 amide bonds. The van der Waals surface area contributed by atoms with Crippen LogP contribution in [0.5, 0.6) is 0 Å². The van der Waals surface area contributed by atoms with Gasteiger partial charge < -0.3 is 21.1 Å². The number of amides is 1. The summed E-state index contributed by atoms with van der Waals surface area (Å²) >= 11 is 0. The van der Waals surface area contributed by atoms with Crippen LogP contribution in [0.25, 0.3) is 0 Å². The van der Waals surface area contributed by atoms with E-state index in [9.17, 15) is 4.79 Å². The van der Waals surface area contributed by atoms with Gasteiger partial charge in [-0.25, -0.2) is 0 Å². The van der Waals surface area contributed by atoms with Gasteiger partial charge in [-0.1, -0.05) is 6.08 Å². The van der Waals surface area contributed by atoms with Crippen molar-refractivity contribution in [1.29, 1.82) is 0 Å². The SMILES string of the molecule is C=CCCOCCNc1cc2c(cc1N)NC(=O)CC2. The summed E-state index contributed by atoms with van der Waals surface area (Å²) in [5.41, 5.74) is 9.46. The minimum Gasteiger partial charge on any atom is -0.397 e. The first kappa shape index (κ1) is 14.4. The van der Waals surface area contributed by atoms with Crippen molar-refractivity contribution in [2.45, 2.75) is 19.3 Å². The molecule has 0 atom stereocenters. The predicted molar refractivity (Wildman–Crippen MR) is 81.9 cm³/mol. The highest BCUT2D eigenvalue weighted by atomic mass is 16.5. The number of aryl methyl sites for hydroxylation is 1. The smallest absolute Gasteiger partial charge is 0.224 e. The summed E-state index contributed by atoms with van der Waals surface area (Å²) < 4.78 is 5.43. The van der Waals surface area contributed by atoms with Crippen LogP contribution in [0.3, 0.4) is 0 Å². The highest BCUT2D eigenvalue weighted by Gasteiger charge is 2.16. The number of nitrogen functional groups attached to an aromatic ring is 1. The lowest BCUT2D eigenvalue weighted by atomic mass is 10.0. The van der Waals surface area contributed by atoms with Gasteiger partial charge in [0.25, 0.3) is 0 Å². The predicted octanol–water partition coefficient (Wildman–Crippen LogP) is 2.16. The number of fused-ring (bicyclic) bond motifs is 1. The number of hydrogen-bond acceptors (Lipinski definition) is 4. The minimum atomic E-state index is 0.0493. The Hall–Kier alpha value is -2.01. The molecule has 1 aromatic rings. The lowest BCUT2D eigenvalue weighted by molar-refractivity contribution is -0.116. The summed E-state index contributed by atoms with van der Waals surface area (Å²) in [5, 5.41) is 6.10. The standard InChI is InChI=1S/C15H21N3O2/c1-2-3-7-20-8-6-17-14-9-11-4-5-15(19)18-13(11)10-12(14)16/h2,9-10,17H,1,3-8,16H2,(H,18,19). The van der Waals surface area contributed by atoms with E-state index in [1.165, 1.54) is 0 Å². The molecule has 0 bridgehead atoms. The van der Waals surface area contributed by atoms with Crippen LogP contribution in [0.4, 0.5) is 17.1 Å². The number of hydrogen-bond donors (Lipinski definition) is 3. The van der Waals surface area contributed by atoms with Crippen LogP contribution in [0.15, 0.2) is 24.8 Å². The van der Waals surface area contributed by atoms with Crippen LogP contribution in [0.2, 0.25) is 0 Å². The number of ether oxygens (including phenoxy) is 1. The zero-order chi connectivity index (χ0) is 14.4. The molecule has 5 heteroatoms. The van der Waals surface area contributed by atoms with E-state index in [-0.39, 0.29) is 5.91 Å². The molecular formula is C15H21N3O2. The van der Waals surface area contributed by atoms with E-state index < -0.39 is 0 Å². The normalized spacial score (nSPS) is 13.5. The lowest BCUT2D eigenvalue weighted by Crippen LogP contribution is -2.20. The quantitative estimate of drug-likeness (QED) is 0.405. The van der Waals surface area contributed by atoms with E-state index in [0.717, 1.165) is 29.8 Å². The fourth-order valence-electron chi connectivity index (χ4n) is 2.13. The average molecular weight is 275 g/mol. The molecule has 0 radical (unpaired) electrons. The van der Waals surface area contributed by atoms with E-state index in [1.807, 2.05) is 18.2 Å². The highest BCUT2D eigenvalue weighted by molar-refractivity contribution is 5.95. The Labute approximate surface area is 119 Å². The molecule has 108 valence electrons. The first-order valence-electron chi connectivity index (χ1n) is 6.85. The Kier molecular flexibility index (Phi) is 5.01. The zero-order valence-electron chi connectivity index (χ0n) is 11.6. The van der Waals surface area contributed by atoms with E-state index in [0.29, 0.717) is 31.9 Å². The number of nitrogens with two attached hydrogens (primary N) is 1. The lowest BCUT2D eigenvalue weighted by Gasteiger charge is -2.19. The van der Waals surface area contributed by atoms with Gasteiger partial charge in [-0.15, -0.1) is 6.58 Å². The van der Waals surface area contributed by atoms with Gasteiger partial charge in [0.2, 0.25) is 5.91 Å². The van der Waals surface area contributed by atoms with Crippen LogP contribution in [0.1, 0.15) is 18.4 Å². The van der Waals surface area contributed by atoms with Gasteiger partial charge in [0.15, 0.2) is 0 Å². The van der Waals surface area contributed by atoms with Crippen LogP contribution < -0.4 is 16.4 Å². The number of anilines is 3. The summed E-state index contributed by atoms with van der Waals surface area (Å²) in [7, 11) is 0. The van der Waals surface area contributed by atoms with Crippen LogP contribution in [0, 0.1) is 0 Å².